The zero-order valence-corrected chi connectivity index (χ0v) is 17.6. The summed E-state index contributed by atoms with van der Waals surface area (Å²) in [6.07, 6.45) is 1.84. The fraction of sp³-hybridized carbons (Fsp3) is 0.167. The van der Waals surface area contributed by atoms with Crippen LogP contribution in [0.1, 0.15) is 22.6 Å². The second-order valence-electron chi connectivity index (χ2n) is 7.18. The van der Waals surface area contributed by atoms with Crippen LogP contribution in [0.5, 0.6) is 11.5 Å². The Bertz CT molecular complexity index is 1200. The molecule has 0 amide bonds. The Morgan fingerprint density at radius 1 is 1.06 bits per heavy atom. The fourth-order valence-corrected chi connectivity index (χ4v) is 3.80. The van der Waals surface area contributed by atoms with Gasteiger partial charge < -0.3 is 14.5 Å². The number of H-pyrrole nitrogens is 1. The summed E-state index contributed by atoms with van der Waals surface area (Å²) in [4.78, 5) is 14.4. The van der Waals surface area contributed by atoms with Gasteiger partial charge >= 0.3 is 0 Å². The van der Waals surface area contributed by atoms with Crippen LogP contribution in [0, 0.1) is 10.1 Å². The summed E-state index contributed by atoms with van der Waals surface area (Å²) in [7, 11) is 1.56. The largest absolute Gasteiger partial charge is 0.493 e. The SMILES string of the molecule is COc1cc([C@@H](C[N+](=O)[O-])c2c[nH]c3ccccc23)ccc1OCc1ccc(Cl)cc1. The highest BCUT2D eigenvalue weighted by atomic mass is 35.5. The van der Waals surface area contributed by atoms with E-state index in [0.717, 1.165) is 27.6 Å². The average molecular weight is 437 g/mol. The molecule has 1 heterocycles. The Morgan fingerprint density at radius 3 is 2.58 bits per heavy atom. The third-order valence-corrected chi connectivity index (χ3v) is 5.48. The van der Waals surface area contributed by atoms with Crippen LogP contribution >= 0.6 is 11.6 Å². The summed E-state index contributed by atoms with van der Waals surface area (Å²) in [5.74, 6) is 0.671. The molecule has 0 fully saturated rings. The number of halogens is 1. The van der Waals surface area contributed by atoms with Crippen molar-refractivity contribution in [1.82, 2.24) is 4.98 Å². The molecule has 0 bridgehead atoms. The maximum Gasteiger partial charge on any atom is 0.214 e. The van der Waals surface area contributed by atoms with E-state index in [2.05, 4.69) is 4.98 Å². The molecule has 1 aromatic heterocycles. The van der Waals surface area contributed by atoms with E-state index in [9.17, 15) is 10.1 Å². The highest BCUT2D eigenvalue weighted by Gasteiger charge is 2.24. The van der Waals surface area contributed by atoms with Gasteiger partial charge in [0.15, 0.2) is 11.5 Å². The van der Waals surface area contributed by atoms with E-state index in [4.69, 9.17) is 21.1 Å². The maximum atomic E-state index is 11.4. The molecule has 6 nitrogen and oxygen atoms in total. The molecule has 0 saturated carbocycles. The van der Waals surface area contributed by atoms with Crippen LogP contribution in [0.4, 0.5) is 0 Å². The maximum absolute atomic E-state index is 11.4. The van der Waals surface area contributed by atoms with E-state index in [-0.39, 0.29) is 11.5 Å². The first-order valence-corrected chi connectivity index (χ1v) is 10.2. The standard InChI is InChI=1S/C24H21ClN2O4/c1-30-24-12-17(8-11-23(24)31-15-16-6-9-18(25)10-7-16)21(14-27(28)29)20-13-26-22-5-3-2-4-19(20)22/h2-13,21,26H,14-15H2,1H3/t21-/m1/s1. The number of methoxy groups -OCH3 is 1. The van der Waals surface area contributed by atoms with Gasteiger partial charge in [-0.05, 0) is 47.0 Å². The zero-order chi connectivity index (χ0) is 21.8. The molecule has 4 rings (SSSR count). The molecule has 1 atom stereocenters. The average Bonchev–Trinajstić information content (AvgIpc) is 3.21. The number of nitrogens with zero attached hydrogens (tertiary/aromatic N) is 1. The van der Waals surface area contributed by atoms with Crippen molar-refractivity contribution in [2.45, 2.75) is 12.5 Å². The van der Waals surface area contributed by atoms with Crippen LogP contribution in [-0.4, -0.2) is 23.6 Å². The van der Waals surface area contributed by atoms with Crippen molar-refractivity contribution < 1.29 is 14.4 Å². The second kappa shape index (κ2) is 9.10. The molecule has 0 aliphatic carbocycles. The van der Waals surface area contributed by atoms with Crippen molar-refractivity contribution in [3.63, 3.8) is 0 Å². The normalized spacial score (nSPS) is 11.9. The Kier molecular flexibility index (Phi) is 6.09. The van der Waals surface area contributed by atoms with E-state index in [1.807, 2.05) is 66.9 Å². The summed E-state index contributed by atoms with van der Waals surface area (Å²) >= 11 is 5.93. The van der Waals surface area contributed by atoms with Crippen molar-refractivity contribution in [1.29, 1.82) is 0 Å². The van der Waals surface area contributed by atoms with E-state index >= 15 is 0 Å². The number of fused-ring (bicyclic) bond motifs is 1. The number of para-hydroxylation sites is 1. The van der Waals surface area contributed by atoms with Gasteiger partial charge in [0.25, 0.3) is 0 Å². The molecule has 0 unspecified atom stereocenters. The van der Waals surface area contributed by atoms with Gasteiger partial charge in [-0.3, -0.25) is 10.1 Å². The summed E-state index contributed by atoms with van der Waals surface area (Å²) < 4.78 is 11.5. The van der Waals surface area contributed by atoms with Crippen LogP contribution in [0.2, 0.25) is 5.02 Å². The number of hydrogen-bond donors (Lipinski definition) is 1. The summed E-state index contributed by atoms with van der Waals surface area (Å²) in [6, 6.07) is 20.7. The quantitative estimate of drug-likeness (QED) is 0.279. The molecule has 0 spiro atoms. The zero-order valence-electron chi connectivity index (χ0n) is 16.9. The number of rotatable bonds is 8. The first kappa shape index (κ1) is 20.8. The molecule has 31 heavy (non-hydrogen) atoms. The predicted molar refractivity (Wildman–Crippen MR) is 121 cm³/mol. The van der Waals surface area contributed by atoms with Crippen LogP contribution in [0.15, 0.2) is 72.9 Å². The molecule has 0 aliphatic heterocycles. The smallest absolute Gasteiger partial charge is 0.214 e. The molecule has 0 saturated heterocycles. The van der Waals surface area contributed by atoms with Gasteiger partial charge in [0, 0.05) is 27.0 Å². The van der Waals surface area contributed by atoms with Crippen LogP contribution < -0.4 is 9.47 Å². The number of aromatic nitrogens is 1. The van der Waals surface area contributed by atoms with Gasteiger partial charge in [-0.15, -0.1) is 0 Å². The predicted octanol–water partition coefficient (Wildman–Crippen LogP) is 5.82. The van der Waals surface area contributed by atoms with Crippen molar-refractivity contribution in [2.24, 2.45) is 0 Å². The lowest BCUT2D eigenvalue weighted by molar-refractivity contribution is -0.481. The molecular formula is C24H21ClN2O4. The molecular weight excluding hydrogens is 416 g/mol. The van der Waals surface area contributed by atoms with Crippen LogP contribution in [0.25, 0.3) is 10.9 Å². The Hall–Kier alpha value is -3.51. The number of nitro groups is 1. The van der Waals surface area contributed by atoms with Gasteiger partial charge in [-0.2, -0.15) is 0 Å². The van der Waals surface area contributed by atoms with Gasteiger partial charge in [-0.1, -0.05) is 48.0 Å². The van der Waals surface area contributed by atoms with Gasteiger partial charge in [-0.25, -0.2) is 0 Å². The molecule has 0 radical (unpaired) electrons. The topological polar surface area (TPSA) is 77.4 Å². The van der Waals surface area contributed by atoms with Crippen molar-refractivity contribution >= 4 is 22.5 Å². The number of hydrogen-bond acceptors (Lipinski definition) is 4. The first-order chi connectivity index (χ1) is 15.0. The summed E-state index contributed by atoms with van der Waals surface area (Å²) in [5, 5.41) is 13.1. The van der Waals surface area contributed by atoms with E-state index in [1.54, 1.807) is 13.2 Å². The Labute approximate surface area is 184 Å². The minimum absolute atomic E-state index is 0.226. The number of nitrogens with one attached hydrogen (secondary N) is 1. The lowest BCUT2D eigenvalue weighted by Crippen LogP contribution is -2.14. The molecule has 3 aromatic carbocycles. The van der Waals surface area contributed by atoms with Crippen molar-refractivity contribution in [2.75, 3.05) is 13.7 Å². The van der Waals surface area contributed by atoms with Gasteiger partial charge in [0.1, 0.15) is 6.61 Å². The number of aromatic amines is 1. The van der Waals surface area contributed by atoms with E-state index in [1.165, 1.54) is 0 Å². The van der Waals surface area contributed by atoms with Crippen LogP contribution in [-0.2, 0) is 6.61 Å². The van der Waals surface area contributed by atoms with Gasteiger partial charge in [0.05, 0.1) is 13.0 Å². The fourth-order valence-electron chi connectivity index (χ4n) is 3.68. The monoisotopic (exact) mass is 436 g/mol. The number of benzene rings is 3. The van der Waals surface area contributed by atoms with Crippen molar-refractivity contribution in [3.8, 4) is 11.5 Å². The third kappa shape index (κ3) is 4.64. The highest BCUT2D eigenvalue weighted by Crippen LogP contribution is 2.36. The minimum Gasteiger partial charge on any atom is -0.493 e. The van der Waals surface area contributed by atoms with E-state index < -0.39 is 5.92 Å². The molecule has 4 aromatic rings. The summed E-state index contributed by atoms with van der Waals surface area (Å²) in [6.45, 7) is 0.129. The van der Waals surface area contributed by atoms with Gasteiger partial charge in [0.2, 0.25) is 6.54 Å². The van der Waals surface area contributed by atoms with Crippen molar-refractivity contribution in [3.05, 3.63) is 105 Å². The molecule has 1 N–H and O–H groups in total. The highest BCUT2D eigenvalue weighted by molar-refractivity contribution is 6.30. The third-order valence-electron chi connectivity index (χ3n) is 5.23. The first-order valence-electron chi connectivity index (χ1n) is 9.78. The molecule has 7 heteroatoms. The Balaban J connectivity index is 1.64. The Morgan fingerprint density at radius 2 is 1.84 bits per heavy atom. The lowest BCUT2D eigenvalue weighted by Gasteiger charge is -2.17. The number of ether oxygens (including phenoxy) is 2. The second-order valence-corrected chi connectivity index (χ2v) is 7.62. The molecule has 158 valence electrons. The lowest BCUT2D eigenvalue weighted by atomic mass is 9.90. The van der Waals surface area contributed by atoms with E-state index in [0.29, 0.717) is 23.1 Å². The van der Waals surface area contributed by atoms with Crippen LogP contribution in [0.3, 0.4) is 0 Å². The summed E-state index contributed by atoms with van der Waals surface area (Å²) in [5.41, 5.74) is 3.59. The molecule has 0 aliphatic rings. The minimum atomic E-state index is -0.426.